The SMILES string of the molecule is COc1ccccc1NC(=O)CCNS(=O)(=O)c1ccc2c(c1)CC(C)N2C(=O)C1CC1. The quantitative estimate of drug-likeness (QED) is 0.634. The maximum Gasteiger partial charge on any atom is 0.240 e. The van der Waals surface area contributed by atoms with Gasteiger partial charge >= 0.3 is 0 Å². The lowest BCUT2D eigenvalue weighted by molar-refractivity contribution is -0.120. The first-order valence-electron chi connectivity index (χ1n) is 10.7. The molecule has 2 aliphatic rings. The molecule has 170 valence electrons. The molecule has 1 saturated carbocycles. The molecule has 1 aliphatic carbocycles. The minimum atomic E-state index is -3.78. The van der Waals surface area contributed by atoms with E-state index in [2.05, 4.69) is 10.0 Å². The molecule has 2 N–H and O–H groups in total. The Bertz CT molecular complexity index is 1140. The molecule has 8 nitrogen and oxygen atoms in total. The van der Waals surface area contributed by atoms with E-state index in [1.165, 1.54) is 13.2 Å². The molecule has 0 radical (unpaired) electrons. The molecular formula is C23H27N3O5S. The number of fused-ring (bicyclic) bond motifs is 1. The Morgan fingerprint density at radius 3 is 2.62 bits per heavy atom. The molecule has 1 atom stereocenters. The fourth-order valence-corrected chi connectivity index (χ4v) is 5.06. The Labute approximate surface area is 188 Å². The van der Waals surface area contributed by atoms with Crippen molar-refractivity contribution in [1.82, 2.24) is 4.72 Å². The lowest BCUT2D eigenvalue weighted by Gasteiger charge is -2.22. The van der Waals surface area contributed by atoms with Crippen molar-refractivity contribution < 1.29 is 22.7 Å². The van der Waals surface area contributed by atoms with Crippen LogP contribution >= 0.6 is 0 Å². The summed E-state index contributed by atoms with van der Waals surface area (Å²) in [5.41, 5.74) is 2.17. The van der Waals surface area contributed by atoms with Gasteiger partial charge in [-0.15, -0.1) is 0 Å². The first-order chi connectivity index (χ1) is 15.3. The molecule has 1 fully saturated rings. The lowest BCUT2D eigenvalue weighted by atomic mass is 10.1. The predicted octanol–water partition coefficient (Wildman–Crippen LogP) is 2.69. The fraction of sp³-hybridized carbons (Fsp3) is 0.391. The summed E-state index contributed by atoms with van der Waals surface area (Å²) in [5, 5.41) is 2.72. The zero-order valence-corrected chi connectivity index (χ0v) is 18.9. The van der Waals surface area contributed by atoms with E-state index in [0.29, 0.717) is 17.9 Å². The van der Waals surface area contributed by atoms with Crippen LogP contribution in [-0.2, 0) is 26.0 Å². The van der Waals surface area contributed by atoms with Crippen LogP contribution in [0.5, 0.6) is 5.75 Å². The van der Waals surface area contributed by atoms with E-state index >= 15 is 0 Å². The number of nitrogens with zero attached hydrogens (tertiary/aromatic N) is 1. The van der Waals surface area contributed by atoms with Gasteiger partial charge in [-0.1, -0.05) is 12.1 Å². The smallest absolute Gasteiger partial charge is 0.240 e. The van der Waals surface area contributed by atoms with E-state index in [-0.39, 0.29) is 41.6 Å². The zero-order valence-electron chi connectivity index (χ0n) is 18.1. The Morgan fingerprint density at radius 2 is 1.91 bits per heavy atom. The van der Waals surface area contributed by atoms with Gasteiger partial charge in [0.25, 0.3) is 0 Å². The summed E-state index contributed by atoms with van der Waals surface area (Å²) in [6.45, 7) is 1.94. The highest BCUT2D eigenvalue weighted by molar-refractivity contribution is 7.89. The number of hydrogen-bond donors (Lipinski definition) is 2. The molecule has 0 aromatic heterocycles. The van der Waals surface area contributed by atoms with Gasteiger partial charge in [0, 0.05) is 30.6 Å². The first-order valence-corrected chi connectivity index (χ1v) is 12.2. The lowest BCUT2D eigenvalue weighted by Crippen LogP contribution is -2.36. The number of nitrogens with one attached hydrogen (secondary N) is 2. The van der Waals surface area contributed by atoms with Gasteiger partial charge in [-0.2, -0.15) is 0 Å². The van der Waals surface area contributed by atoms with E-state index in [4.69, 9.17) is 4.74 Å². The summed E-state index contributed by atoms with van der Waals surface area (Å²) in [5.74, 6) is 0.443. The molecule has 2 aromatic carbocycles. The summed E-state index contributed by atoms with van der Waals surface area (Å²) >= 11 is 0. The highest BCUT2D eigenvalue weighted by Crippen LogP contribution is 2.39. The second-order valence-electron chi connectivity index (χ2n) is 8.22. The maximum atomic E-state index is 12.7. The topological polar surface area (TPSA) is 105 Å². The second kappa shape index (κ2) is 8.91. The third kappa shape index (κ3) is 4.63. The molecule has 4 rings (SSSR count). The van der Waals surface area contributed by atoms with E-state index < -0.39 is 10.0 Å². The normalized spacial score (nSPS) is 17.7. The van der Waals surface area contributed by atoms with Crippen molar-refractivity contribution in [2.75, 3.05) is 23.9 Å². The average molecular weight is 458 g/mol. The van der Waals surface area contributed by atoms with E-state index in [9.17, 15) is 18.0 Å². The first kappa shape index (κ1) is 22.3. The van der Waals surface area contributed by atoms with Crippen molar-refractivity contribution in [3.8, 4) is 5.75 Å². The van der Waals surface area contributed by atoms with Crippen LogP contribution in [0.3, 0.4) is 0 Å². The van der Waals surface area contributed by atoms with Crippen molar-refractivity contribution in [1.29, 1.82) is 0 Å². The van der Waals surface area contributed by atoms with Crippen molar-refractivity contribution >= 4 is 33.2 Å². The molecule has 2 amide bonds. The van der Waals surface area contributed by atoms with Crippen LogP contribution < -0.4 is 19.7 Å². The third-order valence-corrected chi connectivity index (χ3v) is 7.22. The van der Waals surface area contributed by atoms with Gasteiger partial charge in [-0.3, -0.25) is 9.59 Å². The molecule has 32 heavy (non-hydrogen) atoms. The van der Waals surface area contributed by atoms with Crippen LogP contribution in [0.25, 0.3) is 0 Å². The van der Waals surface area contributed by atoms with Gasteiger partial charge in [0.15, 0.2) is 0 Å². The third-order valence-electron chi connectivity index (χ3n) is 5.77. The Morgan fingerprint density at radius 1 is 1.16 bits per heavy atom. The molecular weight excluding hydrogens is 430 g/mol. The van der Waals surface area contributed by atoms with Gasteiger partial charge in [-0.25, -0.2) is 13.1 Å². The van der Waals surface area contributed by atoms with Crippen LogP contribution in [0.2, 0.25) is 0 Å². The molecule has 1 unspecified atom stereocenters. The van der Waals surface area contributed by atoms with Crippen molar-refractivity contribution in [2.45, 2.75) is 43.5 Å². The van der Waals surface area contributed by atoms with Gasteiger partial charge < -0.3 is 15.0 Å². The van der Waals surface area contributed by atoms with E-state index in [1.807, 2.05) is 6.92 Å². The largest absolute Gasteiger partial charge is 0.495 e. The van der Waals surface area contributed by atoms with Crippen LogP contribution in [-0.4, -0.2) is 39.9 Å². The minimum absolute atomic E-state index is 0.0164. The zero-order chi connectivity index (χ0) is 22.9. The molecule has 0 spiro atoms. The molecule has 2 aromatic rings. The Hall–Kier alpha value is -2.91. The van der Waals surface area contributed by atoms with Crippen LogP contribution in [0.1, 0.15) is 31.7 Å². The van der Waals surface area contributed by atoms with Crippen LogP contribution in [0.4, 0.5) is 11.4 Å². The Kier molecular flexibility index (Phi) is 6.21. The van der Waals surface area contributed by atoms with E-state index in [1.54, 1.807) is 41.3 Å². The van der Waals surface area contributed by atoms with Gasteiger partial charge in [-0.05, 0) is 62.1 Å². The standard InChI is InChI=1S/C23H27N3O5S/c1-15-13-17-14-18(9-10-20(17)26(15)23(28)16-7-8-16)32(29,30)24-12-11-22(27)25-19-5-3-4-6-21(19)31-2/h3-6,9-10,14-16,24H,7-8,11-13H2,1-2H3,(H,25,27). The van der Waals surface area contributed by atoms with Crippen LogP contribution in [0.15, 0.2) is 47.4 Å². The number of anilines is 2. The van der Waals surface area contributed by atoms with Gasteiger partial charge in [0.05, 0.1) is 17.7 Å². The summed E-state index contributed by atoms with van der Waals surface area (Å²) in [6.07, 6.45) is 2.46. The van der Waals surface area contributed by atoms with E-state index in [0.717, 1.165) is 24.1 Å². The van der Waals surface area contributed by atoms with Crippen molar-refractivity contribution in [3.05, 3.63) is 48.0 Å². The van der Waals surface area contributed by atoms with Gasteiger partial charge in [0.1, 0.15) is 5.75 Å². The molecule has 1 aliphatic heterocycles. The summed E-state index contributed by atoms with van der Waals surface area (Å²) < 4.78 is 33.2. The number of para-hydroxylation sites is 2. The molecule has 0 bridgehead atoms. The predicted molar refractivity (Wildman–Crippen MR) is 121 cm³/mol. The van der Waals surface area contributed by atoms with Crippen LogP contribution in [0, 0.1) is 5.92 Å². The number of ether oxygens (including phenoxy) is 1. The summed E-state index contributed by atoms with van der Waals surface area (Å²) in [6, 6.07) is 11.9. The van der Waals surface area contributed by atoms with Gasteiger partial charge in [0.2, 0.25) is 21.8 Å². The average Bonchev–Trinajstić information content (AvgIpc) is 3.55. The monoisotopic (exact) mass is 457 g/mol. The highest BCUT2D eigenvalue weighted by atomic mass is 32.2. The molecule has 0 saturated heterocycles. The van der Waals surface area contributed by atoms with Crippen molar-refractivity contribution in [2.24, 2.45) is 5.92 Å². The summed E-state index contributed by atoms with van der Waals surface area (Å²) in [7, 11) is -2.27. The number of hydrogen-bond acceptors (Lipinski definition) is 5. The number of sulfonamides is 1. The second-order valence-corrected chi connectivity index (χ2v) is 9.99. The molecule has 1 heterocycles. The Balaban J connectivity index is 1.37. The number of rotatable bonds is 8. The minimum Gasteiger partial charge on any atom is -0.495 e. The highest BCUT2D eigenvalue weighted by Gasteiger charge is 2.39. The number of carbonyl (C=O) groups excluding carboxylic acids is 2. The summed E-state index contributed by atoms with van der Waals surface area (Å²) in [4.78, 5) is 26.7. The number of carbonyl (C=O) groups is 2. The number of amides is 2. The maximum absolute atomic E-state index is 12.7. The number of benzene rings is 2. The fourth-order valence-electron chi connectivity index (χ4n) is 3.98. The molecule has 9 heteroatoms. The van der Waals surface area contributed by atoms with Crippen molar-refractivity contribution in [3.63, 3.8) is 0 Å². The number of methoxy groups -OCH3 is 1.